The van der Waals surface area contributed by atoms with E-state index < -0.39 is 5.82 Å². The number of methoxy groups -OCH3 is 1. The van der Waals surface area contributed by atoms with Crippen LogP contribution < -0.4 is 15.4 Å². The van der Waals surface area contributed by atoms with E-state index in [1.165, 1.54) is 19.5 Å². The van der Waals surface area contributed by atoms with Gasteiger partial charge in [0.1, 0.15) is 18.0 Å². The normalized spacial score (nSPS) is 10.6. The van der Waals surface area contributed by atoms with Crippen LogP contribution in [0.4, 0.5) is 21.7 Å². The first-order valence-electron chi connectivity index (χ1n) is 6.70. The Morgan fingerprint density at radius 2 is 1.90 bits per heavy atom. The summed E-state index contributed by atoms with van der Waals surface area (Å²) in [5.74, 6) is 1.43. The first-order chi connectivity index (χ1) is 10.1. The lowest BCUT2D eigenvalue weighted by atomic mass is 10.0. The van der Waals surface area contributed by atoms with Gasteiger partial charge in [0.25, 0.3) is 0 Å². The minimum absolute atomic E-state index is 0.211. The Morgan fingerprint density at radius 1 is 1.19 bits per heavy atom. The Labute approximate surface area is 123 Å². The van der Waals surface area contributed by atoms with E-state index in [1.54, 1.807) is 12.1 Å². The molecule has 1 heterocycles. The minimum Gasteiger partial charge on any atom is -0.494 e. The summed E-state index contributed by atoms with van der Waals surface area (Å²) in [5.41, 5.74) is 1.56. The predicted octanol–water partition coefficient (Wildman–Crippen LogP) is 3.53. The standard InChI is InChI=1S/C15H19FN4O/c1-9(2)13-14(17-3)18-8-19-15(13)20-10-5-6-12(21-4)11(16)7-10/h5-9H,1-4H3,(H2,17,18,19,20). The zero-order valence-electron chi connectivity index (χ0n) is 12.6. The molecule has 1 aromatic heterocycles. The van der Waals surface area contributed by atoms with Crippen molar-refractivity contribution in [3.63, 3.8) is 0 Å². The molecular weight excluding hydrogens is 271 g/mol. The van der Waals surface area contributed by atoms with Gasteiger partial charge >= 0.3 is 0 Å². The quantitative estimate of drug-likeness (QED) is 0.882. The van der Waals surface area contributed by atoms with E-state index >= 15 is 0 Å². The van der Waals surface area contributed by atoms with Crippen LogP contribution in [0.1, 0.15) is 25.3 Å². The van der Waals surface area contributed by atoms with Gasteiger partial charge in [-0.2, -0.15) is 0 Å². The van der Waals surface area contributed by atoms with Gasteiger partial charge in [-0.05, 0) is 18.1 Å². The SMILES string of the molecule is CNc1ncnc(Nc2ccc(OC)c(F)c2)c1C(C)C. The fourth-order valence-corrected chi connectivity index (χ4v) is 2.12. The van der Waals surface area contributed by atoms with E-state index in [4.69, 9.17) is 4.74 Å². The molecule has 0 aliphatic rings. The molecule has 6 heteroatoms. The number of rotatable bonds is 5. The zero-order valence-corrected chi connectivity index (χ0v) is 12.6. The third-order valence-corrected chi connectivity index (χ3v) is 3.11. The Kier molecular flexibility index (Phi) is 4.57. The molecule has 0 fully saturated rings. The minimum atomic E-state index is -0.420. The van der Waals surface area contributed by atoms with Crippen LogP contribution in [0.5, 0.6) is 5.75 Å². The molecule has 2 N–H and O–H groups in total. The van der Waals surface area contributed by atoms with Gasteiger partial charge in [-0.1, -0.05) is 13.8 Å². The maximum absolute atomic E-state index is 13.7. The second kappa shape index (κ2) is 6.39. The summed E-state index contributed by atoms with van der Waals surface area (Å²) >= 11 is 0. The smallest absolute Gasteiger partial charge is 0.167 e. The van der Waals surface area contributed by atoms with Crippen LogP contribution in [0.3, 0.4) is 0 Å². The summed E-state index contributed by atoms with van der Waals surface area (Å²) in [7, 11) is 3.25. The molecule has 2 rings (SSSR count). The average Bonchev–Trinajstić information content (AvgIpc) is 2.46. The van der Waals surface area contributed by atoms with Crippen LogP contribution in [0.25, 0.3) is 0 Å². The van der Waals surface area contributed by atoms with Crippen LogP contribution in [-0.4, -0.2) is 24.1 Å². The number of anilines is 3. The van der Waals surface area contributed by atoms with Gasteiger partial charge in [-0.15, -0.1) is 0 Å². The molecule has 0 unspecified atom stereocenters. The number of nitrogens with one attached hydrogen (secondary N) is 2. The lowest BCUT2D eigenvalue weighted by Gasteiger charge is -2.16. The number of benzene rings is 1. The topological polar surface area (TPSA) is 59.1 Å². The summed E-state index contributed by atoms with van der Waals surface area (Å²) < 4.78 is 18.7. The van der Waals surface area contributed by atoms with Gasteiger partial charge in [0.15, 0.2) is 11.6 Å². The number of halogens is 1. The Bertz CT molecular complexity index is 631. The van der Waals surface area contributed by atoms with E-state index in [1.807, 2.05) is 7.05 Å². The van der Waals surface area contributed by atoms with Crippen LogP contribution in [0, 0.1) is 5.82 Å². The molecule has 2 aromatic rings. The van der Waals surface area contributed by atoms with Crippen LogP contribution in [0.15, 0.2) is 24.5 Å². The van der Waals surface area contributed by atoms with Gasteiger partial charge in [-0.25, -0.2) is 14.4 Å². The van der Waals surface area contributed by atoms with Crippen molar-refractivity contribution >= 4 is 17.3 Å². The monoisotopic (exact) mass is 290 g/mol. The number of nitrogens with zero attached hydrogens (tertiary/aromatic N) is 2. The van der Waals surface area contributed by atoms with Crippen molar-refractivity contribution in [2.45, 2.75) is 19.8 Å². The van der Waals surface area contributed by atoms with Gasteiger partial charge in [-0.3, -0.25) is 0 Å². The molecule has 0 atom stereocenters. The van der Waals surface area contributed by atoms with E-state index in [0.29, 0.717) is 11.5 Å². The highest BCUT2D eigenvalue weighted by Crippen LogP contribution is 2.31. The Hall–Kier alpha value is -2.37. The van der Waals surface area contributed by atoms with Crippen molar-refractivity contribution in [3.8, 4) is 5.75 Å². The zero-order chi connectivity index (χ0) is 15.4. The molecule has 0 spiro atoms. The van der Waals surface area contributed by atoms with Crippen molar-refractivity contribution in [3.05, 3.63) is 35.9 Å². The Morgan fingerprint density at radius 3 is 2.48 bits per heavy atom. The van der Waals surface area contributed by atoms with Crippen LogP contribution in [-0.2, 0) is 0 Å². The molecule has 21 heavy (non-hydrogen) atoms. The molecule has 112 valence electrons. The van der Waals surface area contributed by atoms with E-state index in [9.17, 15) is 4.39 Å². The number of aromatic nitrogens is 2. The van der Waals surface area contributed by atoms with Crippen LogP contribution >= 0.6 is 0 Å². The van der Waals surface area contributed by atoms with E-state index in [2.05, 4.69) is 34.4 Å². The summed E-state index contributed by atoms with van der Waals surface area (Å²) in [6.07, 6.45) is 1.47. The van der Waals surface area contributed by atoms with Gasteiger partial charge < -0.3 is 15.4 Å². The van der Waals surface area contributed by atoms with Crippen molar-refractivity contribution in [1.82, 2.24) is 9.97 Å². The first kappa shape index (κ1) is 15.0. The maximum Gasteiger partial charge on any atom is 0.167 e. The van der Waals surface area contributed by atoms with Crippen molar-refractivity contribution in [2.24, 2.45) is 0 Å². The number of hydrogen-bond donors (Lipinski definition) is 2. The lowest BCUT2D eigenvalue weighted by molar-refractivity contribution is 0.386. The molecule has 0 aliphatic heterocycles. The van der Waals surface area contributed by atoms with Gasteiger partial charge in [0, 0.05) is 24.4 Å². The third-order valence-electron chi connectivity index (χ3n) is 3.11. The largest absolute Gasteiger partial charge is 0.494 e. The summed E-state index contributed by atoms with van der Waals surface area (Å²) in [6, 6.07) is 4.70. The molecule has 0 saturated heterocycles. The van der Waals surface area contributed by atoms with Gasteiger partial charge in [0.2, 0.25) is 0 Å². The summed E-state index contributed by atoms with van der Waals surface area (Å²) in [5, 5.41) is 6.18. The fourth-order valence-electron chi connectivity index (χ4n) is 2.12. The van der Waals surface area contributed by atoms with Crippen molar-refractivity contribution in [1.29, 1.82) is 0 Å². The second-order valence-corrected chi connectivity index (χ2v) is 4.86. The molecule has 0 radical (unpaired) electrons. The molecular formula is C15H19FN4O. The second-order valence-electron chi connectivity index (χ2n) is 4.86. The van der Waals surface area contributed by atoms with Crippen LogP contribution in [0.2, 0.25) is 0 Å². The van der Waals surface area contributed by atoms with E-state index in [0.717, 1.165) is 11.4 Å². The molecule has 5 nitrogen and oxygen atoms in total. The molecule has 0 aliphatic carbocycles. The van der Waals surface area contributed by atoms with Gasteiger partial charge in [0.05, 0.1) is 7.11 Å². The Balaban J connectivity index is 2.37. The predicted molar refractivity (Wildman–Crippen MR) is 81.9 cm³/mol. The average molecular weight is 290 g/mol. The summed E-state index contributed by atoms with van der Waals surface area (Å²) in [4.78, 5) is 8.47. The third kappa shape index (κ3) is 3.21. The van der Waals surface area contributed by atoms with E-state index in [-0.39, 0.29) is 11.7 Å². The maximum atomic E-state index is 13.7. The molecule has 0 amide bonds. The number of ether oxygens (including phenoxy) is 1. The molecule has 1 aromatic carbocycles. The first-order valence-corrected chi connectivity index (χ1v) is 6.70. The summed E-state index contributed by atoms with van der Waals surface area (Å²) in [6.45, 7) is 4.11. The lowest BCUT2D eigenvalue weighted by Crippen LogP contribution is -2.07. The number of hydrogen-bond acceptors (Lipinski definition) is 5. The highest BCUT2D eigenvalue weighted by atomic mass is 19.1. The molecule has 0 bridgehead atoms. The fraction of sp³-hybridized carbons (Fsp3) is 0.333. The highest BCUT2D eigenvalue weighted by molar-refractivity contribution is 5.66. The highest BCUT2D eigenvalue weighted by Gasteiger charge is 2.14. The molecule has 0 saturated carbocycles. The van der Waals surface area contributed by atoms with Crippen molar-refractivity contribution in [2.75, 3.05) is 24.8 Å². The van der Waals surface area contributed by atoms with Crippen molar-refractivity contribution < 1.29 is 9.13 Å².